The number of aromatic hydroxyl groups is 2. The number of phenols is 2. The van der Waals surface area contributed by atoms with Crippen LogP contribution in [0.2, 0.25) is 0 Å². The molecular formula is C21H26O4. The van der Waals surface area contributed by atoms with Gasteiger partial charge in [-0.25, -0.2) is 0 Å². The van der Waals surface area contributed by atoms with Gasteiger partial charge >= 0.3 is 0 Å². The fraction of sp³-hybridized carbons (Fsp3) is 0.524. The summed E-state index contributed by atoms with van der Waals surface area (Å²) in [6, 6.07) is 4.80. The van der Waals surface area contributed by atoms with E-state index in [1.54, 1.807) is 18.2 Å². The fourth-order valence-corrected chi connectivity index (χ4v) is 5.38. The van der Waals surface area contributed by atoms with Gasteiger partial charge in [0, 0.05) is 29.5 Å². The van der Waals surface area contributed by atoms with Crippen molar-refractivity contribution in [1.29, 1.82) is 0 Å². The topological polar surface area (TPSA) is 69.9 Å². The van der Waals surface area contributed by atoms with Gasteiger partial charge in [-0.15, -0.1) is 0 Å². The molecule has 4 rings (SSSR count). The predicted molar refractivity (Wildman–Crippen MR) is 95.2 cm³/mol. The van der Waals surface area contributed by atoms with E-state index in [1.807, 2.05) is 6.08 Å². The summed E-state index contributed by atoms with van der Waals surface area (Å²) in [6.45, 7) is 4.57. The minimum absolute atomic E-state index is 0.0218. The molecule has 2 aliphatic carbocycles. The Kier molecular flexibility index (Phi) is 3.57. The van der Waals surface area contributed by atoms with Gasteiger partial charge in [0.25, 0.3) is 0 Å². The number of aliphatic hydroxyl groups is 1. The van der Waals surface area contributed by atoms with Crippen LogP contribution in [0, 0.1) is 17.3 Å². The molecule has 1 heterocycles. The summed E-state index contributed by atoms with van der Waals surface area (Å²) in [5.41, 5.74) is 0.113. The standard InChI is InChI=1S/C21H26O4/c1-20(2)16-9-7-14(23)12-18(16)25-21(10-4-3-5-19(20)21)15-8-6-13(22)11-17(15)24/h6-8,11-12,16,19,22-24H,3-5,9-10H2,1-2H3. The van der Waals surface area contributed by atoms with Crippen molar-refractivity contribution in [3.63, 3.8) is 0 Å². The van der Waals surface area contributed by atoms with E-state index >= 15 is 0 Å². The maximum absolute atomic E-state index is 10.6. The molecule has 1 aromatic carbocycles. The molecule has 0 radical (unpaired) electrons. The van der Waals surface area contributed by atoms with Crippen molar-refractivity contribution in [3.05, 3.63) is 47.4 Å². The Balaban J connectivity index is 1.89. The molecule has 25 heavy (non-hydrogen) atoms. The molecule has 0 amide bonds. The van der Waals surface area contributed by atoms with Gasteiger partial charge in [0.2, 0.25) is 0 Å². The van der Waals surface area contributed by atoms with Gasteiger partial charge in [-0.05, 0) is 49.3 Å². The molecule has 0 bridgehead atoms. The van der Waals surface area contributed by atoms with Crippen molar-refractivity contribution in [3.8, 4) is 11.5 Å². The Morgan fingerprint density at radius 3 is 2.68 bits per heavy atom. The normalized spacial score (nSPS) is 33.4. The number of hydrogen-bond donors (Lipinski definition) is 3. The Labute approximate surface area is 148 Å². The number of phenolic OH excluding ortho intramolecular Hbond substituents is 2. The highest BCUT2D eigenvalue weighted by Gasteiger charge is 2.59. The van der Waals surface area contributed by atoms with E-state index in [1.165, 1.54) is 6.07 Å². The van der Waals surface area contributed by atoms with Crippen molar-refractivity contribution in [2.45, 2.75) is 51.6 Å². The van der Waals surface area contributed by atoms with Crippen LogP contribution in [0.15, 0.2) is 41.9 Å². The summed E-state index contributed by atoms with van der Waals surface area (Å²) in [6.07, 6.45) is 8.45. The van der Waals surface area contributed by atoms with E-state index in [0.29, 0.717) is 0 Å². The Hall–Kier alpha value is -2.10. The van der Waals surface area contributed by atoms with Crippen molar-refractivity contribution >= 4 is 0 Å². The highest BCUT2D eigenvalue weighted by molar-refractivity contribution is 5.45. The number of allylic oxidation sites excluding steroid dienone is 3. The summed E-state index contributed by atoms with van der Waals surface area (Å²) in [7, 11) is 0. The second-order valence-electron chi connectivity index (χ2n) is 8.28. The Morgan fingerprint density at radius 2 is 1.92 bits per heavy atom. The third-order valence-electron chi connectivity index (χ3n) is 6.58. The van der Waals surface area contributed by atoms with E-state index in [-0.39, 0.29) is 34.5 Å². The van der Waals surface area contributed by atoms with Gasteiger partial charge in [0.05, 0.1) is 0 Å². The minimum Gasteiger partial charge on any atom is -0.508 e. The van der Waals surface area contributed by atoms with E-state index in [9.17, 15) is 15.3 Å². The van der Waals surface area contributed by atoms with Crippen LogP contribution in [0.5, 0.6) is 11.5 Å². The summed E-state index contributed by atoms with van der Waals surface area (Å²) >= 11 is 0. The van der Waals surface area contributed by atoms with E-state index in [2.05, 4.69) is 13.8 Å². The monoisotopic (exact) mass is 342 g/mol. The number of hydrogen-bond acceptors (Lipinski definition) is 4. The lowest BCUT2D eigenvalue weighted by Gasteiger charge is -2.59. The first-order chi connectivity index (χ1) is 11.8. The number of ether oxygens (including phenoxy) is 1. The molecule has 1 aromatic rings. The van der Waals surface area contributed by atoms with Gasteiger partial charge in [0.15, 0.2) is 0 Å². The molecule has 134 valence electrons. The Morgan fingerprint density at radius 1 is 1.12 bits per heavy atom. The SMILES string of the molecule is CC1(C)C2CC=C(O)C=C2OC2(c3ccc(O)cc3O)CCCCC21. The van der Waals surface area contributed by atoms with Crippen LogP contribution >= 0.6 is 0 Å². The van der Waals surface area contributed by atoms with Crippen molar-refractivity contribution in [2.75, 3.05) is 0 Å². The summed E-state index contributed by atoms with van der Waals surface area (Å²) in [4.78, 5) is 0. The second-order valence-corrected chi connectivity index (χ2v) is 8.28. The average molecular weight is 342 g/mol. The largest absolute Gasteiger partial charge is 0.508 e. The molecule has 3 aliphatic rings. The van der Waals surface area contributed by atoms with Gasteiger partial charge in [-0.3, -0.25) is 0 Å². The van der Waals surface area contributed by atoms with Crippen molar-refractivity contribution < 1.29 is 20.1 Å². The zero-order valence-electron chi connectivity index (χ0n) is 14.8. The fourth-order valence-electron chi connectivity index (χ4n) is 5.38. The van der Waals surface area contributed by atoms with Crippen molar-refractivity contribution in [1.82, 2.24) is 0 Å². The summed E-state index contributed by atoms with van der Waals surface area (Å²) < 4.78 is 6.61. The maximum atomic E-state index is 10.6. The van der Waals surface area contributed by atoms with Crippen LogP contribution < -0.4 is 0 Å². The molecule has 1 saturated carbocycles. The first-order valence-corrected chi connectivity index (χ1v) is 9.17. The van der Waals surface area contributed by atoms with Crippen LogP contribution in [-0.2, 0) is 10.3 Å². The molecule has 2 fully saturated rings. The zero-order chi connectivity index (χ0) is 17.8. The number of rotatable bonds is 1. The third kappa shape index (κ3) is 2.34. The molecule has 4 heteroatoms. The number of fused-ring (bicyclic) bond motifs is 2. The van der Waals surface area contributed by atoms with E-state index in [0.717, 1.165) is 43.4 Å². The number of aliphatic hydroxyl groups excluding tert-OH is 1. The Bertz CT molecular complexity index is 761. The van der Waals surface area contributed by atoms with E-state index < -0.39 is 5.60 Å². The molecule has 0 spiro atoms. The van der Waals surface area contributed by atoms with Crippen LogP contribution in [0.1, 0.15) is 51.5 Å². The van der Waals surface area contributed by atoms with Gasteiger partial charge < -0.3 is 20.1 Å². The molecule has 4 nitrogen and oxygen atoms in total. The highest BCUT2D eigenvalue weighted by atomic mass is 16.5. The highest BCUT2D eigenvalue weighted by Crippen LogP contribution is 2.63. The molecular weight excluding hydrogens is 316 g/mol. The van der Waals surface area contributed by atoms with Crippen LogP contribution in [0.4, 0.5) is 0 Å². The lowest BCUT2D eigenvalue weighted by atomic mass is 9.53. The first kappa shape index (κ1) is 16.4. The quantitative estimate of drug-likeness (QED) is 0.680. The molecule has 1 aliphatic heterocycles. The average Bonchev–Trinajstić information content (AvgIpc) is 2.54. The lowest BCUT2D eigenvalue weighted by Crippen LogP contribution is -2.55. The van der Waals surface area contributed by atoms with Gasteiger partial charge in [-0.2, -0.15) is 0 Å². The first-order valence-electron chi connectivity index (χ1n) is 9.17. The van der Waals surface area contributed by atoms with Gasteiger partial charge in [0.1, 0.15) is 28.6 Å². The third-order valence-corrected chi connectivity index (χ3v) is 6.58. The van der Waals surface area contributed by atoms with Crippen molar-refractivity contribution in [2.24, 2.45) is 17.3 Å². The summed E-state index contributed by atoms with van der Waals surface area (Å²) in [5.74, 6) is 1.70. The van der Waals surface area contributed by atoms with Gasteiger partial charge in [-0.1, -0.05) is 20.3 Å². The molecule has 3 N–H and O–H groups in total. The van der Waals surface area contributed by atoms with E-state index in [4.69, 9.17) is 4.74 Å². The molecule has 1 saturated heterocycles. The lowest BCUT2D eigenvalue weighted by molar-refractivity contribution is -0.183. The molecule has 3 atom stereocenters. The molecule has 0 aromatic heterocycles. The maximum Gasteiger partial charge on any atom is 0.140 e. The summed E-state index contributed by atoms with van der Waals surface area (Å²) in [5, 5.41) is 30.3. The second kappa shape index (κ2) is 5.45. The predicted octanol–water partition coefficient (Wildman–Crippen LogP) is 4.89. The minimum atomic E-state index is -0.612. The van der Waals surface area contributed by atoms with Crippen LogP contribution in [0.3, 0.4) is 0 Å². The van der Waals surface area contributed by atoms with Crippen LogP contribution in [0.25, 0.3) is 0 Å². The smallest absolute Gasteiger partial charge is 0.140 e. The van der Waals surface area contributed by atoms with Crippen LogP contribution in [-0.4, -0.2) is 15.3 Å². The zero-order valence-corrected chi connectivity index (χ0v) is 14.8. The molecule has 3 unspecified atom stereocenters. The number of benzene rings is 1.